The van der Waals surface area contributed by atoms with E-state index in [4.69, 9.17) is 33.2 Å². The highest BCUT2D eigenvalue weighted by Gasteiger charge is 2.80. The zero-order valence-electron chi connectivity index (χ0n) is 55.3. The van der Waals surface area contributed by atoms with Gasteiger partial charge in [-0.1, -0.05) is 99.1 Å². The van der Waals surface area contributed by atoms with Gasteiger partial charge < -0.3 is 75.1 Å². The maximum atomic E-state index is 17.9. The number of allylic oxidation sites excluding steroid dienone is 4. The Bertz CT molecular complexity index is 3360. The summed E-state index contributed by atoms with van der Waals surface area (Å²) >= 11 is 0. The van der Waals surface area contributed by atoms with E-state index in [-0.39, 0.29) is 88.8 Å². The van der Waals surface area contributed by atoms with Crippen LogP contribution in [0.15, 0.2) is 103 Å². The number of hydrogen-bond donors (Lipinski definition) is 7. The van der Waals surface area contributed by atoms with Gasteiger partial charge >= 0.3 is 0 Å². The van der Waals surface area contributed by atoms with Crippen LogP contribution in [0.5, 0.6) is 0 Å². The molecule has 6 aliphatic rings. The second-order valence-corrected chi connectivity index (χ2v) is 25.8. The van der Waals surface area contributed by atoms with E-state index in [2.05, 4.69) is 38.0 Å². The van der Waals surface area contributed by atoms with Crippen molar-refractivity contribution in [1.29, 1.82) is 0 Å². The summed E-state index contributed by atoms with van der Waals surface area (Å²) in [4.78, 5) is 119. The molecule has 526 valence electrons. The number of hydrogen-bond acceptors (Lipinski definition) is 17. The van der Waals surface area contributed by atoms with Crippen LogP contribution in [0.3, 0.4) is 0 Å². The third kappa shape index (κ3) is 17.6. The van der Waals surface area contributed by atoms with E-state index in [1.54, 1.807) is 42.2 Å². The minimum absolute atomic E-state index is 0.0163. The Kier molecular flexibility index (Phi) is 25.9. The molecular weight excluding hydrogens is 1260 g/mol. The molecule has 0 radical (unpaired) electrons. The number of amides is 7. The summed E-state index contributed by atoms with van der Waals surface area (Å²) < 4.78 is 74.7. The van der Waals surface area contributed by atoms with Crippen molar-refractivity contribution in [2.45, 2.75) is 140 Å². The molecule has 0 bridgehead atoms. The van der Waals surface area contributed by atoms with Crippen LogP contribution < -0.4 is 36.8 Å². The van der Waals surface area contributed by atoms with Gasteiger partial charge in [0.2, 0.25) is 41.4 Å². The Morgan fingerprint density at radius 2 is 1.30 bits per heavy atom. The SMILES string of the molecule is CCCC1O[C@@H]2CC3[C@@H]4C[C@H](F)C5=CC(=O)C=C[C@]5(C)[C@@]4(F)[C@@H](O)C[C@]3(C)[C@]2(C(=O)COCNC(=O)CNC(=O)[C@H](Cc2ccccc2)NC(=O)CNC(=O)CNC(=O)CCOCCOCCOCCOCCNC(=O)CCC(=O)N2Cc3ccccc3CCc3ccccc32)O1. The Labute approximate surface area is 563 Å². The molecule has 4 aliphatic carbocycles. The lowest BCUT2D eigenvalue weighted by Crippen LogP contribution is -2.71. The van der Waals surface area contributed by atoms with Gasteiger partial charge in [0.1, 0.15) is 25.6 Å². The number of aryl methyl sites for hydroxylation is 2. The number of carbonyl (C=O) groups excluding carboxylic acids is 9. The molecule has 3 aromatic rings. The van der Waals surface area contributed by atoms with E-state index >= 15 is 8.78 Å². The summed E-state index contributed by atoms with van der Waals surface area (Å²) in [5.41, 5.74) is -1.99. The number of benzene rings is 3. The number of fused-ring (bicyclic) bond motifs is 9. The summed E-state index contributed by atoms with van der Waals surface area (Å²) in [6.07, 6.45) is 1.14. The van der Waals surface area contributed by atoms with E-state index in [0.29, 0.717) is 57.9 Å². The van der Waals surface area contributed by atoms with Crippen LogP contribution >= 0.6 is 0 Å². The minimum Gasteiger partial charge on any atom is -0.390 e. The van der Waals surface area contributed by atoms with Gasteiger partial charge in [-0.25, -0.2) is 8.78 Å². The molecule has 3 saturated carbocycles. The van der Waals surface area contributed by atoms with Crippen molar-refractivity contribution in [3.63, 3.8) is 0 Å². The van der Waals surface area contributed by atoms with Gasteiger partial charge in [0.15, 0.2) is 29.1 Å². The molecule has 1 saturated heterocycles. The Hall–Kier alpha value is -7.69. The van der Waals surface area contributed by atoms with Gasteiger partial charge in [-0.2, -0.15) is 0 Å². The van der Waals surface area contributed by atoms with E-state index in [1.165, 1.54) is 24.6 Å². The number of ether oxygens (including phenoxy) is 7. The largest absolute Gasteiger partial charge is 0.390 e. The number of carbonyl (C=O) groups is 9. The van der Waals surface area contributed by atoms with Crippen molar-refractivity contribution in [3.05, 3.63) is 125 Å². The molecule has 4 fully saturated rings. The van der Waals surface area contributed by atoms with Crippen molar-refractivity contribution in [3.8, 4) is 0 Å². The number of aliphatic hydroxyl groups is 1. The smallest absolute Gasteiger partial charge is 0.243 e. The van der Waals surface area contributed by atoms with Crippen LogP contribution in [-0.4, -0.2) is 192 Å². The van der Waals surface area contributed by atoms with Crippen LogP contribution in [0.25, 0.3) is 0 Å². The summed E-state index contributed by atoms with van der Waals surface area (Å²) in [5, 5.41) is 27.1. The Morgan fingerprint density at radius 1 is 0.680 bits per heavy atom. The van der Waals surface area contributed by atoms with Crippen LogP contribution in [0.1, 0.15) is 94.4 Å². The van der Waals surface area contributed by atoms with Gasteiger partial charge in [0.25, 0.3) is 0 Å². The molecule has 7 N–H and O–H groups in total. The normalized spacial score (nSPS) is 26.2. The lowest BCUT2D eigenvalue weighted by molar-refractivity contribution is -0.235. The number of anilines is 1. The summed E-state index contributed by atoms with van der Waals surface area (Å²) in [6, 6.07) is 23.6. The lowest BCUT2D eigenvalue weighted by Gasteiger charge is -2.63. The lowest BCUT2D eigenvalue weighted by atomic mass is 9.44. The topological polar surface area (TPSA) is 314 Å². The van der Waals surface area contributed by atoms with Crippen LogP contribution in [-0.2, 0) is 102 Å². The molecule has 0 spiro atoms. The predicted molar refractivity (Wildman–Crippen MR) is 348 cm³/mol. The molecule has 3 aromatic carbocycles. The predicted octanol–water partition coefficient (Wildman–Crippen LogP) is 3.62. The third-order valence-electron chi connectivity index (χ3n) is 19.6. The zero-order valence-corrected chi connectivity index (χ0v) is 55.3. The summed E-state index contributed by atoms with van der Waals surface area (Å²) in [5.74, 6) is -6.45. The molecular formula is C71H91F2N7O17. The molecule has 2 aliphatic heterocycles. The molecule has 11 atom stereocenters. The van der Waals surface area contributed by atoms with Gasteiger partial charge in [-0.05, 0) is 97.4 Å². The first-order valence-electron chi connectivity index (χ1n) is 33.5. The molecule has 0 aromatic heterocycles. The standard InChI is InChI=1S/C71H91F2N7O17/c1-4-12-66-96-59-38-51-52-37-54(72)53-36-50(81)23-25-68(53,2)70(52,73)57(82)39-69(51,3)71(59,97-66)58(83)44-95-45-78-63(87)41-77-67(90)55(35-46-13-6-5-7-14-46)79-64(88)42-76-62(86)40-75-61(85)24-27-91-29-31-93-33-34-94-32-30-92-28-26-74-60(84)21-22-65(89)80-43-49-17-9-8-15-47(49)19-20-48-16-10-11-18-56(48)80/h5-11,13-18,23,25,36,51-52,54-55,57,59,66,82H,4,12,19-22,24,26-35,37-45H2,1-3H3,(H,74,84)(H,75,85)(H,76,86)(H,77,90)(H,78,87)(H,79,88)/t51?,52-,54-,55-,57-,59+,66?,68-,69-,70-,71+/m0/s1. The highest BCUT2D eigenvalue weighted by atomic mass is 19.1. The van der Waals surface area contributed by atoms with Crippen molar-refractivity contribution in [2.24, 2.45) is 22.7 Å². The number of ketones is 2. The number of aliphatic hydroxyl groups excluding tert-OH is 1. The van der Waals surface area contributed by atoms with E-state index < -0.39 is 139 Å². The number of nitrogens with zero attached hydrogens (tertiary/aromatic N) is 1. The molecule has 9 rings (SSSR count). The van der Waals surface area contributed by atoms with Gasteiger partial charge in [-0.15, -0.1) is 0 Å². The number of nitrogens with one attached hydrogen (secondary N) is 6. The average molecular weight is 1350 g/mol. The summed E-state index contributed by atoms with van der Waals surface area (Å²) in [7, 11) is 0. The second-order valence-electron chi connectivity index (χ2n) is 25.8. The van der Waals surface area contributed by atoms with Crippen molar-refractivity contribution in [2.75, 3.05) is 97.3 Å². The van der Waals surface area contributed by atoms with Crippen LogP contribution in [0.2, 0.25) is 0 Å². The van der Waals surface area contributed by atoms with Crippen LogP contribution in [0.4, 0.5) is 14.5 Å². The van der Waals surface area contributed by atoms with Crippen molar-refractivity contribution in [1.82, 2.24) is 31.9 Å². The first kappa shape index (κ1) is 73.6. The van der Waals surface area contributed by atoms with Crippen LogP contribution in [0, 0.1) is 22.7 Å². The fourth-order valence-electron chi connectivity index (χ4n) is 14.8. The number of halogens is 2. The third-order valence-corrected chi connectivity index (χ3v) is 19.6. The van der Waals surface area contributed by atoms with Gasteiger partial charge in [0.05, 0.1) is 91.2 Å². The summed E-state index contributed by atoms with van der Waals surface area (Å²) in [6.45, 7) is 5.29. The highest BCUT2D eigenvalue weighted by molar-refractivity contribution is 6.01. The molecule has 2 unspecified atom stereocenters. The number of para-hydroxylation sites is 1. The number of rotatable bonds is 35. The first-order chi connectivity index (χ1) is 46.7. The molecule has 2 heterocycles. The minimum atomic E-state index is -2.38. The molecule has 97 heavy (non-hydrogen) atoms. The Balaban J connectivity index is 0.600. The quantitative estimate of drug-likeness (QED) is 0.0327. The zero-order chi connectivity index (χ0) is 69.2. The first-order valence-corrected chi connectivity index (χ1v) is 33.5. The fraction of sp³-hybridized carbons (Fsp3) is 0.563. The number of alkyl halides is 2. The van der Waals surface area contributed by atoms with E-state index in [9.17, 15) is 48.3 Å². The van der Waals surface area contributed by atoms with Gasteiger partial charge in [0, 0.05) is 54.7 Å². The number of Topliss-reactive ketones (excluding diaryl/α,β-unsaturated/α-hetero) is 1. The van der Waals surface area contributed by atoms with E-state index in [1.807, 2.05) is 49.4 Å². The van der Waals surface area contributed by atoms with Crippen molar-refractivity contribution < 1.29 is 90.2 Å². The molecule has 26 heteroatoms. The van der Waals surface area contributed by atoms with Gasteiger partial charge in [-0.3, -0.25) is 43.2 Å². The highest BCUT2D eigenvalue weighted by Crippen LogP contribution is 2.72. The average Bonchev–Trinajstić information content (AvgIpc) is 1.59. The fourth-order valence-corrected chi connectivity index (χ4v) is 14.8. The Morgan fingerprint density at radius 3 is 2.03 bits per heavy atom. The molecule has 24 nitrogen and oxygen atoms in total. The van der Waals surface area contributed by atoms with Crippen molar-refractivity contribution >= 4 is 58.6 Å². The van der Waals surface area contributed by atoms with E-state index in [0.717, 1.165) is 35.7 Å². The monoisotopic (exact) mass is 1350 g/mol. The second kappa shape index (κ2) is 34.2. The molecule has 7 amide bonds. The maximum absolute atomic E-state index is 17.9. The maximum Gasteiger partial charge on any atom is 0.243 e.